The van der Waals surface area contributed by atoms with E-state index >= 15 is 0 Å². The molecule has 0 bridgehead atoms. The van der Waals surface area contributed by atoms with Crippen molar-refractivity contribution in [1.82, 2.24) is 28.6 Å². The zero-order chi connectivity index (χ0) is 47.3. The second kappa shape index (κ2) is 24.4. The lowest BCUT2D eigenvalue weighted by Crippen LogP contribution is -2.49. The molecule has 0 radical (unpaired) electrons. The summed E-state index contributed by atoms with van der Waals surface area (Å²) in [6.45, 7) is 29.2. The van der Waals surface area contributed by atoms with Gasteiger partial charge in [0.05, 0.1) is 5.75 Å². The van der Waals surface area contributed by atoms with E-state index in [1.165, 1.54) is 47.4 Å². The number of anilines is 1. The number of aromatic nitrogens is 5. The molecule has 0 N–H and O–H groups in total. The number of rotatable bonds is 10. The predicted molar refractivity (Wildman–Crippen MR) is 286 cm³/mol. The van der Waals surface area contributed by atoms with E-state index in [4.69, 9.17) is 41.4 Å². The summed E-state index contributed by atoms with van der Waals surface area (Å²) in [5.41, 5.74) is 3.70. The van der Waals surface area contributed by atoms with Gasteiger partial charge in [-0.25, -0.2) is 16.5 Å². The van der Waals surface area contributed by atoms with E-state index in [1.54, 1.807) is 35.9 Å². The summed E-state index contributed by atoms with van der Waals surface area (Å²) < 4.78 is 6.80. The minimum absolute atomic E-state index is 0.420. The fourth-order valence-corrected chi connectivity index (χ4v) is 10.2. The lowest BCUT2D eigenvalue weighted by Gasteiger charge is -2.36. The Labute approximate surface area is 415 Å². The topological polar surface area (TPSA) is 51.4 Å². The van der Waals surface area contributed by atoms with Gasteiger partial charge in [0.2, 0.25) is 12.5 Å². The van der Waals surface area contributed by atoms with E-state index in [0.29, 0.717) is 30.7 Å². The average molecular weight is 981 g/mol. The molecule has 9 rings (SSSR count). The van der Waals surface area contributed by atoms with Crippen LogP contribution in [-0.4, -0.2) is 73.1 Å². The lowest BCUT2D eigenvalue weighted by atomic mass is 10.2. The summed E-state index contributed by atoms with van der Waals surface area (Å²) in [4.78, 5) is 20.4. The van der Waals surface area contributed by atoms with Gasteiger partial charge in [0.25, 0.3) is 0 Å². The maximum absolute atomic E-state index is 6.82. The van der Waals surface area contributed by atoms with Gasteiger partial charge >= 0.3 is 0 Å². The molecule has 4 aromatic heterocycles. The zero-order valence-corrected chi connectivity index (χ0v) is 43.1. The van der Waals surface area contributed by atoms with Crippen molar-refractivity contribution in [1.29, 1.82) is 0 Å². The molecule has 1 saturated heterocycles. The number of nitrogens with zero attached hydrogens (tertiary/aromatic N) is 8. The minimum Gasteiger partial charge on any atom is -0.345 e. The Hall–Kier alpha value is -4.60. The Bertz CT molecular complexity index is 2800. The Kier molecular flexibility index (Phi) is 18.8. The third kappa shape index (κ3) is 13.5. The molecule has 1 aliphatic rings. The summed E-state index contributed by atoms with van der Waals surface area (Å²) in [7, 11) is 0. The molecule has 1 aliphatic heterocycles. The quantitative estimate of drug-likeness (QED) is 0.0773. The molecule has 0 unspecified atom stereocenters. The first-order valence-corrected chi connectivity index (χ1v) is 25.5. The molecular formula is C53H61Cl3N8S2. The van der Waals surface area contributed by atoms with Crippen LogP contribution in [0.1, 0.15) is 73.5 Å². The van der Waals surface area contributed by atoms with Crippen molar-refractivity contribution in [3.63, 3.8) is 0 Å². The third-order valence-corrected chi connectivity index (χ3v) is 14.0. The first-order valence-electron chi connectivity index (χ1n) is 22.5. The van der Waals surface area contributed by atoms with Crippen molar-refractivity contribution in [2.45, 2.75) is 94.2 Å². The fraction of sp³-hybridized carbons (Fsp3) is 0.340. The normalized spacial score (nSPS) is 12.9. The zero-order valence-electron chi connectivity index (χ0n) is 39.2. The van der Waals surface area contributed by atoms with Crippen molar-refractivity contribution in [3.05, 3.63) is 155 Å². The van der Waals surface area contributed by atoms with Gasteiger partial charge in [-0.2, -0.15) is 0 Å². The molecule has 0 amide bonds. The highest BCUT2D eigenvalue weighted by Gasteiger charge is 2.20. The van der Waals surface area contributed by atoms with Crippen LogP contribution in [0.3, 0.4) is 0 Å². The van der Waals surface area contributed by atoms with Crippen LogP contribution in [0.2, 0.25) is 15.1 Å². The summed E-state index contributed by atoms with van der Waals surface area (Å²) >= 11 is 21.6. The molecule has 1 fully saturated rings. The molecule has 13 heteroatoms. The SMILES string of the molecule is CC(C)N1CCN(c2ncccn2)CC1.CC(C)n1cc(Sc2ccccc2)c2cc(Cl)ccc21.CC(C)n1ccc2cc(Cl)ccc21.[C-]#[N+]CCSc1cn(C(C)C)c2ccc(Cl)cc12. The maximum Gasteiger partial charge on any atom is 0.225 e. The standard InChI is InChI=1S/C17H16ClNS.C14H15ClN2S.C11H12ClN.C11H18N4/c1-12(2)19-11-17(20-14-6-4-3-5-7-14)15-10-13(18)8-9-16(15)19;1-10(2)17-9-14(18-7-6-16-3)12-8-11(15)4-5-13(12)17;1-8(2)13-6-5-9-7-10(12)3-4-11(9)13;1-10(2)14-6-8-15(9-7-14)11-12-4-3-5-13-11/h3-12H,1-2H3;4-5,8-10H,6-7H2,1-2H3;3-8H,1-2H3;3-5,10H,6-9H2,1-2H3. The highest BCUT2D eigenvalue weighted by molar-refractivity contribution is 7.99. The summed E-state index contributed by atoms with van der Waals surface area (Å²) in [6.07, 6.45) is 10.1. The summed E-state index contributed by atoms with van der Waals surface area (Å²) in [6, 6.07) is 34.5. The Balaban J connectivity index is 0.000000147. The number of hydrogen-bond donors (Lipinski definition) is 0. The van der Waals surface area contributed by atoms with Gasteiger partial charge in [-0.05, 0) is 134 Å². The fourth-order valence-electron chi connectivity index (χ4n) is 7.74. The second-order valence-corrected chi connectivity index (χ2v) is 20.7. The van der Waals surface area contributed by atoms with E-state index in [9.17, 15) is 0 Å². The molecular weight excluding hydrogens is 919 g/mol. The first kappa shape index (κ1) is 50.8. The van der Waals surface area contributed by atoms with Gasteiger partial charge in [0.15, 0.2) is 0 Å². The van der Waals surface area contributed by atoms with Gasteiger partial charge < -0.3 is 23.4 Å². The Morgan fingerprint density at radius 3 is 1.67 bits per heavy atom. The molecule has 8 aromatic rings. The molecule has 66 heavy (non-hydrogen) atoms. The predicted octanol–water partition coefficient (Wildman–Crippen LogP) is 15.8. The number of halogens is 3. The largest absolute Gasteiger partial charge is 0.345 e. The van der Waals surface area contributed by atoms with E-state index in [0.717, 1.165) is 52.9 Å². The molecule has 0 saturated carbocycles. The number of hydrogen-bond acceptors (Lipinski definition) is 6. The Morgan fingerprint density at radius 1 is 0.591 bits per heavy atom. The van der Waals surface area contributed by atoms with E-state index in [1.807, 2.05) is 42.5 Å². The first-order chi connectivity index (χ1) is 31.7. The van der Waals surface area contributed by atoms with Crippen LogP contribution < -0.4 is 4.90 Å². The van der Waals surface area contributed by atoms with Crippen LogP contribution in [0.4, 0.5) is 5.95 Å². The van der Waals surface area contributed by atoms with E-state index in [2.05, 4.69) is 167 Å². The van der Waals surface area contributed by atoms with Crippen LogP contribution in [-0.2, 0) is 0 Å². The molecule has 4 aromatic carbocycles. The third-order valence-electron chi connectivity index (χ3n) is 11.2. The average Bonchev–Trinajstić information content (AvgIpc) is 4.01. The maximum atomic E-state index is 6.82. The van der Waals surface area contributed by atoms with Crippen molar-refractivity contribution >= 4 is 97.0 Å². The van der Waals surface area contributed by atoms with Gasteiger partial charge in [-0.15, -0.1) is 11.8 Å². The van der Waals surface area contributed by atoms with Crippen molar-refractivity contribution in [2.24, 2.45) is 0 Å². The highest BCUT2D eigenvalue weighted by atomic mass is 35.5. The van der Waals surface area contributed by atoms with Gasteiger partial charge in [-0.1, -0.05) is 64.8 Å². The van der Waals surface area contributed by atoms with Crippen LogP contribution in [0.25, 0.3) is 37.6 Å². The molecule has 0 aliphatic carbocycles. The number of piperazine rings is 1. The number of benzene rings is 4. The van der Waals surface area contributed by atoms with Crippen molar-refractivity contribution < 1.29 is 0 Å². The van der Waals surface area contributed by atoms with Crippen molar-refractivity contribution in [2.75, 3.05) is 43.4 Å². The van der Waals surface area contributed by atoms with Crippen LogP contribution in [0.15, 0.2) is 143 Å². The molecule has 346 valence electrons. The van der Waals surface area contributed by atoms with Crippen LogP contribution in [0, 0.1) is 6.57 Å². The van der Waals surface area contributed by atoms with Gasteiger partial charge in [-0.3, -0.25) is 4.90 Å². The van der Waals surface area contributed by atoms with Crippen LogP contribution >= 0.6 is 58.3 Å². The second-order valence-electron chi connectivity index (χ2n) is 17.1. The van der Waals surface area contributed by atoms with Gasteiger partial charge in [0.1, 0.15) is 0 Å². The summed E-state index contributed by atoms with van der Waals surface area (Å²) in [5, 5.41) is 5.96. The monoisotopic (exact) mass is 978 g/mol. The number of thioether (sulfide) groups is 1. The summed E-state index contributed by atoms with van der Waals surface area (Å²) in [5.74, 6) is 1.69. The molecule has 0 spiro atoms. The Morgan fingerprint density at radius 2 is 1.12 bits per heavy atom. The van der Waals surface area contributed by atoms with E-state index < -0.39 is 0 Å². The molecule has 8 nitrogen and oxygen atoms in total. The highest BCUT2D eigenvalue weighted by Crippen LogP contribution is 2.38. The van der Waals surface area contributed by atoms with Crippen molar-refractivity contribution in [3.8, 4) is 0 Å². The lowest BCUT2D eigenvalue weighted by molar-refractivity contribution is 0.208. The smallest absolute Gasteiger partial charge is 0.225 e. The minimum atomic E-state index is 0.420. The molecule has 0 atom stereocenters. The number of fused-ring (bicyclic) bond motifs is 3. The molecule has 5 heterocycles. The van der Waals surface area contributed by atoms with Crippen LogP contribution in [0.5, 0.6) is 0 Å². The van der Waals surface area contributed by atoms with Gasteiger partial charge in [0, 0.05) is 144 Å². The van der Waals surface area contributed by atoms with E-state index in [-0.39, 0.29) is 0 Å².